The van der Waals surface area contributed by atoms with E-state index >= 15 is 0 Å². The number of primary amides is 1. The second kappa shape index (κ2) is 8.64. The summed E-state index contributed by atoms with van der Waals surface area (Å²) in [5.74, 6) is 0.126. The minimum atomic E-state index is -0.499. The van der Waals surface area contributed by atoms with E-state index in [4.69, 9.17) is 10.5 Å². The number of nitrogens with two attached hydrogens (primary N) is 1. The van der Waals surface area contributed by atoms with Gasteiger partial charge >= 0.3 is 0 Å². The zero-order valence-corrected chi connectivity index (χ0v) is 15.7. The largest absolute Gasteiger partial charge is 0.496 e. The molecule has 0 heterocycles. The van der Waals surface area contributed by atoms with Gasteiger partial charge in [0.2, 0.25) is 11.8 Å². The molecule has 2 aromatic rings. The molecule has 7 heteroatoms. The molecule has 2 amide bonds. The first-order valence-electron chi connectivity index (χ1n) is 7.59. The summed E-state index contributed by atoms with van der Waals surface area (Å²) in [6.07, 6.45) is 0. The van der Waals surface area contributed by atoms with Crippen LogP contribution in [-0.2, 0) is 11.3 Å². The summed E-state index contributed by atoms with van der Waals surface area (Å²) in [5, 5.41) is 2.79. The highest BCUT2D eigenvalue weighted by Gasteiger charge is 2.11. The average molecular weight is 406 g/mol. The highest BCUT2D eigenvalue weighted by molar-refractivity contribution is 9.10. The van der Waals surface area contributed by atoms with E-state index in [2.05, 4.69) is 21.2 Å². The Labute approximate surface area is 155 Å². The van der Waals surface area contributed by atoms with Crippen LogP contribution in [0.4, 0.5) is 5.69 Å². The number of nitrogens with zero attached hydrogens (tertiary/aromatic N) is 1. The molecule has 0 saturated carbocycles. The van der Waals surface area contributed by atoms with Gasteiger partial charge in [0.15, 0.2) is 0 Å². The standard InChI is InChI=1S/C18H20BrN3O3/c1-22(10-13-9-14(19)5-8-16(13)25-2)11-17(23)21-15-6-3-12(4-7-15)18(20)24/h3-9H,10-11H2,1-2H3,(H2,20,24)(H,21,23). The van der Waals surface area contributed by atoms with E-state index in [1.165, 1.54) is 0 Å². The molecule has 0 atom stereocenters. The molecule has 25 heavy (non-hydrogen) atoms. The Morgan fingerprint density at radius 1 is 1.20 bits per heavy atom. The van der Waals surface area contributed by atoms with Gasteiger partial charge in [0, 0.05) is 27.8 Å². The number of carbonyl (C=O) groups excluding carboxylic acids is 2. The lowest BCUT2D eigenvalue weighted by Crippen LogP contribution is -2.30. The molecule has 0 aliphatic heterocycles. The third kappa shape index (κ3) is 5.58. The van der Waals surface area contributed by atoms with E-state index in [0.717, 1.165) is 15.8 Å². The van der Waals surface area contributed by atoms with Gasteiger partial charge in [0.05, 0.1) is 13.7 Å². The summed E-state index contributed by atoms with van der Waals surface area (Å²) < 4.78 is 6.30. The number of halogens is 1. The third-order valence-corrected chi connectivity index (χ3v) is 4.04. The topological polar surface area (TPSA) is 84.7 Å². The molecule has 0 saturated heterocycles. The number of nitrogens with one attached hydrogen (secondary N) is 1. The van der Waals surface area contributed by atoms with Crippen LogP contribution in [0.25, 0.3) is 0 Å². The Bertz CT molecular complexity index is 763. The van der Waals surface area contributed by atoms with Crippen LogP contribution in [0.5, 0.6) is 5.75 Å². The summed E-state index contributed by atoms with van der Waals surface area (Å²) in [6.45, 7) is 0.782. The average Bonchev–Trinajstić information content (AvgIpc) is 2.55. The Hall–Kier alpha value is -2.38. The Morgan fingerprint density at radius 3 is 2.48 bits per heavy atom. The molecule has 0 aliphatic rings. The van der Waals surface area contributed by atoms with Crippen LogP contribution in [-0.4, -0.2) is 37.4 Å². The number of methoxy groups -OCH3 is 1. The van der Waals surface area contributed by atoms with Crippen molar-refractivity contribution in [2.24, 2.45) is 5.73 Å². The molecular formula is C18H20BrN3O3. The molecule has 2 rings (SSSR count). The fourth-order valence-electron chi connectivity index (χ4n) is 2.38. The smallest absolute Gasteiger partial charge is 0.248 e. The quantitative estimate of drug-likeness (QED) is 0.741. The zero-order chi connectivity index (χ0) is 18.4. The highest BCUT2D eigenvalue weighted by atomic mass is 79.9. The van der Waals surface area contributed by atoms with Gasteiger partial charge in [-0.1, -0.05) is 15.9 Å². The highest BCUT2D eigenvalue weighted by Crippen LogP contribution is 2.24. The molecule has 132 valence electrons. The summed E-state index contributed by atoms with van der Waals surface area (Å²) >= 11 is 3.44. The zero-order valence-electron chi connectivity index (χ0n) is 14.1. The third-order valence-electron chi connectivity index (χ3n) is 3.55. The van der Waals surface area contributed by atoms with Crippen molar-refractivity contribution in [2.45, 2.75) is 6.54 Å². The van der Waals surface area contributed by atoms with Crippen LogP contribution >= 0.6 is 15.9 Å². The van der Waals surface area contributed by atoms with Crippen molar-refractivity contribution in [1.29, 1.82) is 0 Å². The summed E-state index contributed by atoms with van der Waals surface area (Å²) in [6, 6.07) is 12.2. The second-order valence-electron chi connectivity index (χ2n) is 5.62. The lowest BCUT2D eigenvalue weighted by Gasteiger charge is -2.18. The maximum absolute atomic E-state index is 12.2. The monoisotopic (exact) mass is 405 g/mol. The Kier molecular flexibility index (Phi) is 6.55. The first kappa shape index (κ1) is 19.0. The lowest BCUT2D eigenvalue weighted by molar-refractivity contribution is -0.117. The van der Waals surface area contributed by atoms with Crippen molar-refractivity contribution in [3.63, 3.8) is 0 Å². The van der Waals surface area contributed by atoms with E-state index in [9.17, 15) is 9.59 Å². The van der Waals surface area contributed by atoms with Crippen LogP contribution in [0.2, 0.25) is 0 Å². The Morgan fingerprint density at radius 2 is 1.88 bits per heavy atom. The maximum Gasteiger partial charge on any atom is 0.248 e. The van der Waals surface area contributed by atoms with Gasteiger partial charge in [-0.25, -0.2) is 0 Å². The van der Waals surface area contributed by atoms with Crippen molar-refractivity contribution < 1.29 is 14.3 Å². The van der Waals surface area contributed by atoms with Crippen LogP contribution < -0.4 is 15.8 Å². The number of hydrogen-bond acceptors (Lipinski definition) is 4. The first-order chi connectivity index (χ1) is 11.9. The van der Waals surface area contributed by atoms with Crippen LogP contribution in [0.3, 0.4) is 0 Å². The fourth-order valence-corrected chi connectivity index (χ4v) is 2.79. The molecular weight excluding hydrogens is 386 g/mol. The van der Waals surface area contributed by atoms with Gasteiger partial charge in [-0.2, -0.15) is 0 Å². The molecule has 0 bridgehead atoms. The van der Waals surface area contributed by atoms with Crippen molar-refractivity contribution in [1.82, 2.24) is 4.90 Å². The number of carbonyl (C=O) groups is 2. The molecule has 6 nitrogen and oxygen atoms in total. The number of hydrogen-bond donors (Lipinski definition) is 2. The minimum Gasteiger partial charge on any atom is -0.496 e. The number of amides is 2. The lowest BCUT2D eigenvalue weighted by atomic mass is 10.2. The van der Waals surface area contributed by atoms with Gasteiger partial charge < -0.3 is 15.8 Å². The number of rotatable bonds is 7. The molecule has 0 aromatic heterocycles. The van der Waals surface area contributed by atoms with Crippen molar-refractivity contribution >= 4 is 33.4 Å². The predicted molar refractivity (Wildman–Crippen MR) is 101 cm³/mol. The number of likely N-dealkylation sites (N-methyl/N-ethyl adjacent to an activating group) is 1. The van der Waals surface area contributed by atoms with Crippen molar-refractivity contribution in [2.75, 3.05) is 26.0 Å². The van der Waals surface area contributed by atoms with Gasteiger partial charge in [0.25, 0.3) is 0 Å². The van der Waals surface area contributed by atoms with E-state index < -0.39 is 5.91 Å². The van der Waals surface area contributed by atoms with E-state index in [1.807, 2.05) is 30.1 Å². The molecule has 0 radical (unpaired) electrons. The first-order valence-corrected chi connectivity index (χ1v) is 8.39. The van der Waals surface area contributed by atoms with Gasteiger partial charge in [-0.05, 0) is 49.5 Å². The van der Waals surface area contributed by atoms with Crippen LogP contribution in [0, 0.1) is 0 Å². The summed E-state index contributed by atoms with van der Waals surface area (Å²) in [5.41, 5.74) is 7.19. The summed E-state index contributed by atoms with van der Waals surface area (Å²) in [7, 11) is 3.48. The molecule has 3 N–H and O–H groups in total. The second-order valence-corrected chi connectivity index (χ2v) is 6.53. The fraction of sp³-hybridized carbons (Fsp3) is 0.222. The van der Waals surface area contributed by atoms with Crippen molar-refractivity contribution in [3.05, 3.63) is 58.1 Å². The van der Waals surface area contributed by atoms with Gasteiger partial charge in [0.1, 0.15) is 5.75 Å². The summed E-state index contributed by atoms with van der Waals surface area (Å²) in [4.78, 5) is 25.1. The molecule has 0 aliphatic carbocycles. The number of benzene rings is 2. The maximum atomic E-state index is 12.2. The van der Waals surface area contributed by atoms with Gasteiger partial charge in [-0.3, -0.25) is 14.5 Å². The van der Waals surface area contributed by atoms with Crippen LogP contribution in [0.1, 0.15) is 15.9 Å². The molecule has 0 spiro atoms. The van der Waals surface area contributed by atoms with Crippen molar-refractivity contribution in [3.8, 4) is 5.75 Å². The van der Waals surface area contributed by atoms with E-state index in [1.54, 1.807) is 31.4 Å². The SMILES string of the molecule is COc1ccc(Br)cc1CN(C)CC(=O)Nc1ccc(C(N)=O)cc1. The Balaban J connectivity index is 1.94. The number of anilines is 1. The van der Waals surface area contributed by atoms with E-state index in [-0.39, 0.29) is 12.5 Å². The molecule has 2 aromatic carbocycles. The normalized spacial score (nSPS) is 10.6. The van der Waals surface area contributed by atoms with Crippen LogP contribution in [0.15, 0.2) is 46.9 Å². The van der Waals surface area contributed by atoms with Gasteiger partial charge in [-0.15, -0.1) is 0 Å². The number of ether oxygens (including phenoxy) is 1. The van der Waals surface area contributed by atoms with E-state index in [0.29, 0.717) is 17.8 Å². The predicted octanol–water partition coefficient (Wildman–Crippen LogP) is 2.63. The molecule has 0 fully saturated rings. The minimum absolute atomic E-state index is 0.150. The molecule has 0 unspecified atom stereocenters.